The van der Waals surface area contributed by atoms with Crippen molar-refractivity contribution in [3.63, 3.8) is 0 Å². The Hall–Kier alpha value is -2.00. The van der Waals surface area contributed by atoms with Crippen molar-refractivity contribution in [3.8, 4) is 6.07 Å². The molecular weight excluding hydrogens is 234 g/mol. The summed E-state index contributed by atoms with van der Waals surface area (Å²) in [6.07, 6.45) is 4.44. The second-order valence-corrected chi connectivity index (χ2v) is 4.50. The fraction of sp³-hybridized carbons (Fsp3) is 0.273. The molecule has 0 fully saturated rings. The summed E-state index contributed by atoms with van der Waals surface area (Å²) in [6, 6.07) is 3.55. The molecule has 1 N–H and O–H groups in total. The Labute approximate surface area is 103 Å². The topological polar surface area (TPSA) is 74.5 Å². The van der Waals surface area contributed by atoms with E-state index in [1.54, 1.807) is 23.6 Å². The first-order valence-electron chi connectivity index (χ1n) is 5.22. The van der Waals surface area contributed by atoms with Crippen LogP contribution in [-0.2, 0) is 13.0 Å². The smallest absolute Gasteiger partial charge is 0.224 e. The van der Waals surface area contributed by atoms with Crippen molar-refractivity contribution in [2.75, 3.05) is 5.32 Å². The predicted molar refractivity (Wildman–Crippen MR) is 65.6 cm³/mol. The standard InChI is InChI=1S/C11H11N5S/c1-2-9-6-14-10(17-9)7-15-11-13-4-3-8(5-12)16-11/h3-4,6H,2,7H2,1H3,(H,13,15,16). The molecule has 0 atom stereocenters. The van der Waals surface area contributed by atoms with E-state index in [9.17, 15) is 0 Å². The molecule has 0 spiro atoms. The van der Waals surface area contributed by atoms with Crippen LogP contribution in [0.4, 0.5) is 5.95 Å². The Morgan fingerprint density at radius 2 is 2.35 bits per heavy atom. The minimum absolute atomic E-state index is 0.357. The molecule has 0 saturated carbocycles. The maximum atomic E-state index is 8.70. The number of hydrogen-bond donors (Lipinski definition) is 1. The number of nitrogens with one attached hydrogen (secondary N) is 1. The average Bonchev–Trinajstić information content (AvgIpc) is 2.84. The van der Waals surface area contributed by atoms with Gasteiger partial charge in [-0.1, -0.05) is 6.92 Å². The van der Waals surface area contributed by atoms with Gasteiger partial charge in [-0.05, 0) is 12.5 Å². The van der Waals surface area contributed by atoms with Gasteiger partial charge in [0.05, 0.1) is 6.54 Å². The molecule has 6 heteroatoms. The van der Waals surface area contributed by atoms with Crippen LogP contribution < -0.4 is 5.32 Å². The van der Waals surface area contributed by atoms with E-state index in [2.05, 4.69) is 27.2 Å². The first kappa shape index (κ1) is 11.5. The van der Waals surface area contributed by atoms with Gasteiger partial charge in [-0.2, -0.15) is 5.26 Å². The molecule has 0 aliphatic heterocycles. The van der Waals surface area contributed by atoms with Crippen LogP contribution in [0.1, 0.15) is 22.5 Å². The fourth-order valence-electron chi connectivity index (χ4n) is 1.25. The minimum Gasteiger partial charge on any atom is -0.348 e. The van der Waals surface area contributed by atoms with Gasteiger partial charge in [0.1, 0.15) is 16.8 Å². The number of aromatic nitrogens is 3. The average molecular weight is 245 g/mol. The summed E-state index contributed by atoms with van der Waals surface area (Å²) >= 11 is 1.67. The van der Waals surface area contributed by atoms with Crippen molar-refractivity contribution in [1.29, 1.82) is 5.26 Å². The Balaban J connectivity index is 1.99. The van der Waals surface area contributed by atoms with Gasteiger partial charge in [-0.25, -0.2) is 15.0 Å². The number of rotatable bonds is 4. The maximum Gasteiger partial charge on any atom is 0.224 e. The fourth-order valence-corrected chi connectivity index (χ4v) is 2.06. The van der Waals surface area contributed by atoms with Gasteiger partial charge >= 0.3 is 0 Å². The molecule has 0 aliphatic rings. The van der Waals surface area contributed by atoms with Crippen LogP contribution in [0, 0.1) is 11.3 Å². The zero-order valence-corrected chi connectivity index (χ0v) is 10.2. The van der Waals surface area contributed by atoms with Gasteiger partial charge in [-0.3, -0.25) is 0 Å². The Kier molecular flexibility index (Phi) is 3.62. The van der Waals surface area contributed by atoms with E-state index in [1.807, 2.05) is 12.3 Å². The Bertz CT molecular complexity index is 543. The van der Waals surface area contributed by atoms with E-state index >= 15 is 0 Å². The van der Waals surface area contributed by atoms with E-state index in [0.717, 1.165) is 11.4 Å². The Morgan fingerprint density at radius 3 is 3.06 bits per heavy atom. The van der Waals surface area contributed by atoms with Crippen LogP contribution >= 0.6 is 11.3 Å². The molecule has 17 heavy (non-hydrogen) atoms. The summed E-state index contributed by atoms with van der Waals surface area (Å²) < 4.78 is 0. The van der Waals surface area contributed by atoms with Crippen LogP contribution in [0.15, 0.2) is 18.5 Å². The highest BCUT2D eigenvalue weighted by Crippen LogP contribution is 2.14. The molecule has 2 aromatic heterocycles. The third kappa shape index (κ3) is 2.98. The highest BCUT2D eigenvalue weighted by atomic mass is 32.1. The van der Waals surface area contributed by atoms with Gasteiger partial charge < -0.3 is 5.32 Å². The zero-order valence-electron chi connectivity index (χ0n) is 9.34. The van der Waals surface area contributed by atoms with E-state index in [-0.39, 0.29) is 0 Å². The lowest BCUT2D eigenvalue weighted by Crippen LogP contribution is -2.03. The number of nitriles is 1. The van der Waals surface area contributed by atoms with E-state index in [4.69, 9.17) is 5.26 Å². The van der Waals surface area contributed by atoms with Crippen LogP contribution in [0.25, 0.3) is 0 Å². The molecule has 0 bridgehead atoms. The lowest BCUT2D eigenvalue weighted by Gasteiger charge is -2.01. The van der Waals surface area contributed by atoms with Crippen LogP contribution in [-0.4, -0.2) is 15.0 Å². The van der Waals surface area contributed by atoms with Crippen LogP contribution in [0.2, 0.25) is 0 Å². The second kappa shape index (κ2) is 5.37. The first-order chi connectivity index (χ1) is 8.31. The largest absolute Gasteiger partial charge is 0.348 e. The molecule has 2 rings (SSSR count). The number of hydrogen-bond acceptors (Lipinski definition) is 6. The van der Waals surface area contributed by atoms with Crippen molar-refractivity contribution in [2.45, 2.75) is 19.9 Å². The third-order valence-corrected chi connectivity index (χ3v) is 3.26. The van der Waals surface area contributed by atoms with Crippen molar-refractivity contribution in [2.24, 2.45) is 0 Å². The molecule has 0 radical (unpaired) electrons. The lowest BCUT2D eigenvalue weighted by atomic mass is 10.4. The monoisotopic (exact) mass is 245 g/mol. The molecule has 0 aromatic carbocycles. The van der Waals surface area contributed by atoms with Gasteiger partial charge in [0.15, 0.2) is 0 Å². The normalized spacial score (nSPS) is 9.88. The predicted octanol–water partition coefficient (Wildman–Crippen LogP) is 1.98. The molecule has 0 amide bonds. The summed E-state index contributed by atoms with van der Waals surface area (Å²) in [6.45, 7) is 2.68. The maximum absolute atomic E-state index is 8.70. The van der Waals surface area contributed by atoms with E-state index < -0.39 is 0 Å². The molecule has 86 valence electrons. The molecule has 2 aromatic rings. The summed E-state index contributed by atoms with van der Waals surface area (Å²) in [5.74, 6) is 0.456. The van der Waals surface area contributed by atoms with Gasteiger partial charge in [0, 0.05) is 17.3 Å². The minimum atomic E-state index is 0.357. The van der Waals surface area contributed by atoms with E-state index in [0.29, 0.717) is 18.2 Å². The highest BCUT2D eigenvalue weighted by molar-refractivity contribution is 7.11. The van der Waals surface area contributed by atoms with Gasteiger partial charge in [0.25, 0.3) is 0 Å². The molecule has 5 nitrogen and oxygen atoms in total. The summed E-state index contributed by atoms with van der Waals surface area (Å²) in [5, 5.41) is 12.7. The third-order valence-electron chi connectivity index (χ3n) is 2.12. The molecule has 0 aliphatic carbocycles. The first-order valence-corrected chi connectivity index (χ1v) is 6.04. The number of aryl methyl sites for hydroxylation is 1. The zero-order chi connectivity index (χ0) is 12.1. The van der Waals surface area contributed by atoms with E-state index in [1.165, 1.54) is 4.88 Å². The van der Waals surface area contributed by atoms with Crippen LogP contribution in [0.5, 0.6) is 0 Å². The summed E-state index contributed by atoms with van der Waals surface area (Å²) in [5.41, 5.74) is 0.357. The molecule has 0 saturated heterocycles. The summed E-state index contributed by atoms with van der Waals surface area (Å²) in [4.78, 5) is 13.6. The highest BCUT2D eigenvalue weighted by Gasteiger charge is 2.02. The molecular formula is C11H11N5S. The van der Waals surface area contributed by atoms with Crippen LogP contribution in [0.3, 0.4) is 0 Å². The number of nitrogens with zero attached hydrogens (tertiary/aromatic N) is 4. The molecule has 2 heterocycles. The summed E-state index contributed by atoms with van der Waals surface area (Å²) in [7, 11) is 0. The quantitative estimate of drug-likeness (QED) is 0.891. The Morgan fingerprint density at radius 1 is 1.47 bits per heavy atom. The van der Waals surface area contributed by atoms with Crippen molar-refractivity contribution < 1.29 is 0 Å². The van der Waals surface area contributed by atoms with Crippen molar-refractivity contribution >= 4 is 17.3 Å². The molecule has 0 unspecified atom stereocenters. The number of thiazole rings is 1. The van der Waals surface area contributed by atoms with Gasteiger partial charge in [-0.15, -0.1) is 11.3 Å². The van der Waals surface area contributed by atoms with Crippen molar-refractivity contribution in [1.82, 2.24) is 15.0 Å². The second-order valence-electron chi connectivity index (χ2n) is 3.30. The lowest BCUT2D eigenvalue weighted by molar-refractivity contribution is 1.03. The van der Waals surface area contributed by atoms with Crippen molar-refractivity contribution in [3.05, 3.63) is 34.0 Å². The SMILES string of the molecule is CCc1cnc(CNc2nccc(C#N)n2)s1. The number of anilines is 1. The van der Waals surface area contributed by atoms with Gasteiger partial charge in [0.2, 0.25) is 5.95 Å².